The van der Waals surface area contributed by atoms with E-state index < -0.39 is 5.60 Å². The number of benzene rings is 1. The average molecular weight is 258 g/mol. The van der Waals surface area contributed by atoms with Gasteiger partial charge in [0, 0.05) is 35.7 Å². The molecule has 0 unspecified atom stereocenters. The molecule has 1 aliphatic rings. The van der Waals surface area contributed by atoms with Crippen LogP contribution in [0.4, 0.5) is 0 Å². The molecule has 0 bridgehead atoms. The summed E-state index contributed by atoms with van der Waals surface area (Å²) in [5.41, 5.74) is 3.35. The Morgan fingerprint density at radius 3 is 2.84 bits per heavy atom. The summed E-state index contributed by atoms with van der Waals surface area (Å²) in [7, 11) is 0. The SMILES string of the molecule is C[C@@H]1Cc2c([nH]c3ccccc23)CN1CC(C)(C)O. The van der Waals surface area contributed by atoms with E-state index >= 15 is 0 Å². The number of nitrogens with one attached hydrogen (secondary N) is 1. The van der Waals surface area contributed by atoms with Crippen molar-refractivity contribution < 1.29 is 5.11 Å². The minimum atomic E-state index is -0.641. The maximum Gasteiger partial charge on any atom is 0.0718 e. The fourth-order valence-corrected chi connectivity index (χ4v) is 3.12. The number of aromatic amines is 1. The molecule has 0 saturated carbocycles. The van der Waals surface area contributed by atoms with Gasteiger partial charge in [-0.15, -0.1) is 0 Å². The molecule has 3 rings (SSSR count). The van der Waals surface area contributed by atoms with Gasteiger partial charge in [-0.3, -0.25) is 4.90 Å². The van der Waals surface area contributed by atoms with Crippen LogP contribution in [-0.2, 0) is 13.0 Å². The molecular weight excluding hydrogens is 236 g/mol. The first-order valence-electron chi connectivity index (χ1n) is 6.99. The minimum Gasteiger partial charge on any atom is -0.389 e. The normalized spacial score (nSPS) is 20.7. The Hall–Kier alpha value is -1.32. The summed E-state index contributed by atoms with van der Waals surface area (Å²) in [5, 5.41) is 11.4. The highest BCUT2D eigenvalue weighted by atomic mass is 16.3. The van der Waals surface area contributed by atoms with Gasteiger partial charge in [0.25, 0.3) is 0 Å². The van der Waals surface area contributed by atoms with Gasteiger partial charge in [-0.1, -0.05) is 18.2 Å². The number of fused-ring (bicyclic) bond motifs is 3. The van der Waals surface area contributed by atoms with Gasteiger partial charge in [-0.25, -0.2) is 0 Å². The van der Waals surface area contributed by atoms with Gasteiger partial charge in [0.05, 0.1) is 5.60 Å². The molecule has 1 aliphatic heterocycles. The van der Waals surface area contributed by atoms with E-state index in [1.54, 1.807) is 0 Å². The van der Waals surface area contributed by atoms with Gasteiger partial charge >= 0.3 is 0 Å². The standard InChI is InChI=1S/C16H22N2O/c1-11-8-13-12-6-4-5-7-14(12)17-15(13)9-18(11)10-16(2,3)19/h4-7,11,17,19H,8-10H2,1-3H3/t11-/m1/s1. The third-order valence-corrected chi connectivity index (χ3v) is 3.98. The van der Waals surface area contributed by atoms with Crippen LogP contribution in [0, 0.1) is 0 Å². The summed E-state index contributed by atoms with van der Waals surface area (Å²) < 4.78 is 0. The third kappa shape index (κ3) is 2.40. The Morgan fingerprint density at radius 1 is 1.37 bits per heavy atom. The summed E-state index contributed by atoms with van der Waals surface area (Å²) in [6.45, 7) is 7.61. The molecule has 0 saturated heterocycles. The maximum absolute atomic E-state index is 10.0. The summed E-state index contributed by atoms with van der Waals surface area (Å²) in [4.78, 5) is 5.89. The summed E-state index contributed by atoms with van der Waals surface area (Å²) in [6, 6.07) is 8.98. The zero-order valence-corrected chi connectivity index (χ0v) is 11.9. The highest BCUT2D eigenvalue weighted by molar-refractivity contribution is 5.84. The molecule has 0 spiro atoms. The summed E-state index contributed by atoms with van der Waals surface area (Å²) in [5.74, 6) is 0. The van der Waals surface area contributed by atoms with Crippen molar-refractivity contribution in [2.45, 2.75) is 45.4 Å². The van der Waals surface area contributed by atoms with Crippen molar-refractivity contribution in [1.82, 2.24) is 9.88 Å². The van der Waals surface area contributed by atoms with E-state index in [-0.39, 0.29) is 0 Å². The molecule has 1 aromatic heterocycles. The number of nitrogens with zero attached hydrogens (tertiary/aromatic N) is 1. The molecule has 0 radical (unpaired) electrons. The number of aliphatic hydroxyl groups is 1. The Bertz CT molecular complexity index is 594. The first kappa shape index (κ1) is 12.7. The lowest BCUT2D eigenvalue weighted by atomic mass is 9.96. The van der Waals surface area contributed by atoms with E-state index in [1.165, 1.54) is 22.2 Å². The van der Waals surface area contributed by atoms with Crippen LogP contribution in [-0.4, -0.2) is 33.2 Å². The van der Waals surface area contributed by atoms with Crippen LogP contribution in [0.25, 0.3) is 10.9 Å². The van der Waals surface area contributed by atoms with Crippen LogP contribution in [0.2, 0.25) is 0 Å². The number of para-hydroxylation sites is 1. The molecule has 2 N–H and O–H groups in total. The smallest absolute Gasteiger partial charge is 0.0718 e. The van der Waals surface area contributed by atoms with Gasteiger partial charge in [-0.05, 0) is 38.8 Å². The molecule has 0 fully saturated rings. The molecule has 19 heavy (non-hydrogen) atoms. The molecule has 2 aromatic rings. The van der Waals surface area contributed by atoms with Crippen LogP contribution in [0.15, 0.2) is 24.3 Å². The van der Waals surface area contributed by atoms with Crippen molar-refractivity contribution >= 4 is 10.9 Å². The monoisotopic (exact) mass is 258 g/mol. The van der Waals surface area contributed by atoms with Gasteiger partial charge in [0.15, 0.2) is 0 Å². The summed E-state index contributed by atoms with van der Waals surface area (Å²) >= 11 is 0. The number of hydrogen-bond acceptors (Lipinski definition) is 2. The number of β-amino-alcohol motifs (C(OH)–C–C–N with tert-alkyl or cyclic N) is 1. The van der Waals surface area contributed by atoms with E-state index in [0.29, 0.717) is 12.6 Å². The first-order valence-corrected chi connectivity index (χ1v) is 6.99. The molecule has 1 aromatic carbocycles. The lowest BCUT2D eigenvalue weighted by Crippen LogP contribution is -2.45. The number of aromatic nitrogens is 1. The highest BCUT2D eigenvalue weighted by Gasteiger charge is 2.29. The second-order valence-electron chi connectivity index (χ2n) is 6.40. The fraction of sp³-hybridized carbons (Fsp3) is 0.500. The third-order valence-electron chi connectivity index (χ3n) is 3.98. The lowest BCUT2D eigenvalue weighted by molar-refractivity contribution is 0.0163. The molecule has 0 amide bonds. The topological polar surface area (TPSA) is 39.3 Å². The van der Waals surface area contributed by atoms with Crippen molar-refractivity contribution in [3.63, 3.8) is 0 Å². The van der Waals surface area contributed by atoms with Crippen molar-refractivity contribution in [2.75, 3.05) is 6.54 Å². The zero-order valence-electron chi connectivity index (χ0n) is 11.9. The fourth-order valence-electron chi connectivity index (χ4n) is 3.12. The molecule has 3 heteroatoms. The second kappa shape index (κ2) is 4.36. The maximum atomic E-state index is 10.0. The molecule has 1 atom stereocenters. The van der Waals surface area contributed by atoms with E-state index in [0.717, 1.165) is 13.0 Å². The zero-order chi connectivity index (χ0) is 13.6. The molecule has 3 nitrogen and oxygen atoms in total. The Morgan fingerprint density at radius 2 is 2.11 bits per heavy atom. The van der Waals surface area contributed by atoms with E-state index in [1.807, 2.05) is 13.8 Å². The largest absolute Gasteiger partial charge is 0.389 e. The minimum absolute atomic E-state index is 0.470. The number of rotatable bonds is 2. The quantitative estimate of drug-likeness (QED) is 0.869. The molecule has 102 valence electrons. The van der Waals surface area contributed by atoms with Gasteiger partial charge in [0.2, 0.25) is 0 Å². The van der Waals surface area contributed by atoms with Crippen LogP contribution in [0.3, 0.4) is 0 Å². The van der Waals surface area contributed by atoms with E-state index in [2.05, 4.69) is 41.1 Å². The first-order chi connectivity index (χ1) is 8.94. The predicted molar refractivity (Wildman–Crippen MR) is 78.2 cm³/mol. The van der Waals surface area contributed by atoms with Crippen LogP contribution in [0.5, 0.6) is 0 Å². The van der Waals surface area contributed by atoms with Crippen molar-refractivity contribution in [2.24, 2.45) is 0 Å². The van der Waals surface area contributed by atoms with E-state index in [9.17, 15) is 5.11 Å². The van der Waals surface area contributed by atoms with Gasteiger partial charge in [0.1, 0.15) is 0 Å². The van der Waals surface area contributed by atoms with Crippen LogP contribution in [0.1, 0.15) is 32.0 Å². The lowest BCUT2D eigenvalue weighted by Gasteiger charge is -2.37. The molecule has 0 aliphatic carbocycles. The van der Waals surface area contributed by atoms with Crippen molar-refractivity contribution in [1.29, 1.82) is 0 Å². The predicted octanol–water partition coefficient (Wildman–Crippen LogP) is 2.69. The number of H-pyrrole nitrogens is 1. The average Bonchev–Trinajstić information content (AvgIpc) is 2.66. The molecule has 2 heterocycles. The van der Waals surface area contributed by atoms with Crippen LogP contribution >= 0.6 is 0 Å². The Balaban J connectivity index is 1.95. The van der Waals surface area contributed by atoms with Gasteiger partial charge in [-0.2, -0.15) is 0 Å². The Labute approximate surface area is 114 Å². The van der Waals surface area contributed by atoms with Crippen molar-refractivity contribution in [3.8, 4) is 0 Å². The Kier molecular flexibility index (Phi) is 2.91. The van der Waals surface area contributed by atoms with E-state index in [4.69, 9.17) is 0 Å². The molecular formula is C16H22N2O. The summed E-state index contributed by atoms with van der Waals surface area (Å²) in [6.07, 6.45) is 1.05. The van der Waals surface area contributed by atoms with Gasteiger partial charge < -0.3 is 10.1 Å². The van der Waals surface area contributed by atoms with Crippen molar-refractivity contribution in [3.05, 3.63) is 35.5 Å². The second-order valence-corrected chi connectivity index (χ2v) is 6.40. The highest BCUT2D eigenvalue weighted by Crippen LogP contribution is 2.30. The van der Waals surface area contributed by atoms with Crippen LogP contribution < -0.4 is 0 Å². The number of hydrogen-bond donors (Lipinski definition) is 2.